The molecule has 7 heterocycles. The number of hydrogen-bond acceptors (Lipinski definition) is 22. The lowest BCUT2D eigenvalue weighted by Crippen LogP contribution is -2.63. The van der Waals surface area contributed by atoms with Crippen molar-refractivity contribution in [2.75, 3.05) is 40.9 Å². The topological polar surface area (TPSA) is 433 Å². The van der Waals surface area contributed by atoms with Crippen LogP contribution in [0.1, 0.15) is 115 Å². The monoisotopic (exact) mass is 1630 g/mol. The van der Waals surface area contributed by atoms with E-state index in [9.17, 15) is 27.6 Å². The highest BCUT2D eigenvalue weighted by molar-refractivity contribution is 7.91. The van der Waals surface area contributed by atoms with Crippen LogP contribution in [0.4, 0.5) is 0 Å². The Morgan fingerprint density at radius 1 is 0.581 bits per heavy atom. The number of hydrazine groups is 1. The number of amides is 9. The number of nitrogens with zero attached hydrogens (tertiary/aromatic N) is 6. The number of carbonyl (C=O) groups excluding carboxylic acids is 10. The van der Waals surface area contributed by atoms with E-state index in [1.165, 1.54) is 32.8 Å². The fourth-order valence-electron chi connectivity index (χ4n) is 14.7. The van der Waals surface area contributed by atoms with Crippen LogP contribution in [0.15, 0.2) is 152 Å². The fraction of sp³-hybridized carbons (Fsp3) is 0.452. The van der Waals surface area contributed by atoms with Gasteiger partial charge in [0.25, 0.3) is 5.91 Å². The molecule has 117 heavy (non-hydrogen) atoms. The molecule has 32 nitrogen and oxygen atoms in total. The van der Waals surface area contributed by atoms with E-state index in [0.717, 1.165) is 21.5 Å². The van der Waals surface area contributed by atoms with E-state index in [2.05, 4.69) is 57.6 Å². The van der Waals surface area contributed by atoms with Crippen LogP contribution in [0.25, 0.3) is 21.5 Å². The molecular formula is C84H107N17O15S. The molecule has 12 atom stereocenters. The molecule has 7 aliphatic rings. The van der Waals surface area contributed by atoms with Crippen molar-refractivity contribution >= 4 is 90.7 Å². The minimum absolute atomic E-state index is 0.0106. The van der Waals surface area contributed by atoms with Crippen LogP contribution in [0.2, 0.25) is 0 Å². The van der Waals surface area contributed by atoms with Crippen LogP contribution in [0, 0.1) is 10.8 Å². The van der Waals surface area contributed by atoms with Gasteiger partial charge in [0.05, 0.1) is 48.4 Å². The Bertz CT molecular complexity index is 4970. The third-order valence-corrected chi connectivity index (χ3v) is 23.7. The molecule has 7 aromatic rings. The first-order chi connectivity index (χ1) is 55.6. The Morgan fingerprint density at radius 3 is 1.49 bits per heavy atom. The highest BCUT2D eigenvalue weighted by Gasteiger charge is 2.51. The standard InChI is InChI=1S/C84H107N17O15S/c1-48(87-9)73(102)93-71(83(3,4)5)80(109)98-36-34-67-69(98)78(107)90-63(42-52-20-26-54-16-12-14-18-56(54)38-52)75(104)89-65(77(106)96-117(112,113)62-32-33-62)40-50-22-30-61(31-23-50)116-47-59-45-101(97-95-59)68-35-37-99(81(110)72(84(6,7)8)94-74(103)49(2)88-10)70(68)79(108)91-64(43-53-21-27-55-17-13-15-19-57(55)39-53)76(105)92-66(82(111)114-11)41-51-24-28-60(29-25-51)115-46-58(85)44-100(67)86/h12-31,38-39,44-45,48-49,62-72,87-88H,32-37,40-43,46-47,85-86H2,1-11H3,(H,89,104)(H,90,107)(H,91,108)(H,92,105)(H,93,102)(H,94,103)(H,96,106)/t48-,49-,63-,64-,65-,66-,67?,68?,69?,70?,71+,72+/m0/s1. The number of esters is 1. The van der Waals surface area contributed by atoms with Crippen molar-refractivity contribution in [2.45, 2.75) is 191 Å². The Hall–Kier alpha value is -11.6. The normalized spacial score (nSPS) is 22.1. The average Bonchev–Trinajstić information content (AvgIpc) is 1.64. The van der Waals surface area contributed by atoms with Gasteiger partial charge in [0, 0.05) is 45.0 Å². The second kappa shape index (κ2) is 37.2. The minimum Gasteiger partial charge on any atom is -0.487 e. The number of fused-ring (bicyclic) bond motifs is 2. The zero-order chi connectivity index (χ0) is 84.4. The number of nitrogens with one attached hydrogen (secondary N) is 9. The highest BCUT2D eigenvalue weighted by atomic mass is 32.2. The predicted molar refractivity (Wildman–Crippen MR) is 436 cm³/mol. The quantitative estimate of drug-likeness (QED) is 0.0489. The molecule has 4 unspecified atom stereocenters. The number of rotatable bonds is 16. The summed E-state index contributed by atoms with van der Waals surface area (Å²) in [7, 11) is 0.174. The molecule has 6 bridgehead atoms. The first kappa shape index (κ1) is 86.3. The number of ether oxygens (including phenoxy) is 3. The molecule has 1 aromatic heterocycles. The lowest BCUT2D eigenvalue weighted by atomic mass is 9.85. The summed E-state index contributed by atoms with van der Waals surface area (Å²) in [4.78, 5) is 151. The van der Waals surface area contributed by atoms with E-state index < -0.39 is 158 Å². The van der Waals surface area contributed by atoms with Crippen LogP contribution in [-0.4, -0.2) is 210 Å². The van der Waals surface area contributed by atoms with E-state index in [1.54, 1.807) is 130 Å². The lowest BCUT2D eigenvalue weighted by Gasteiger charge is -2.38. The van der Waals surface area contributed by atoms with Gasteiger partial charge in [0.15, 0.2) is 0 Å². The summed E-state index contributed by atoms with van der Waals surface area (Å²) in [5.41, 5.74) is 7.37. The zero-order valence-corrected chi connectivity index (χ0v) is 68.5. The lowest BCUT2D eigenvalue weighted by molar-refractivity contribution is -0.146. The molecule has 1 saturated carbocycles. The van der Waals surface area contributed by atoms with Crippen LogP contribution in [-0.2, 0) is 95.0 Å². The first-order valence-corrected chi connectivity index (χ1v) is 40.8. The zero-order valence-electron chi connectivity index (χ0n) is 67.7. The smallest absolute Gasteiger partial charge is 0.328 e. The molecule has 1 aliphatic carbocycles. The molecule has 9 amide bonds. The summed E-state index contributed by atoms with van der Waals surface area (Å²) in [6.07, 6.45) is 3.04. The van der Waals surface area contributed by atoms with E-state index >= 15 is 28.8 Å². The maximum atomic E-state index is 15.7. The number of hydrogen-bond donors (Lipinski definition) is 11. The Kier molecular flexibility index (Phi) is 27.4. The Balaban J connectivity index is 0.969. The molecule has 0 spiro atoms. The van der Waals surface area contributed by atoms with Gasteiger partial charge in [-0.1, -0.05) is 156 Å². The maximum Gasteiger partial charge on any atom is 0.328 e. The third kappa shape index (κ3) is 21.6. The van der Waals surface area contributed by atoms with E-state index in [0.29, 0.717) is 46.6 Å². The molecule has 6 aliphatic heterocycles. The molecule has 0 radical (unpaired) electrons. The Morgan fingerprint density at radius 2 is 1.03 bits per heavy atom. The number of aromatic nitrogens is 3. The maximum absolute atomic E-state index is 15.7. The summed E-state index contributed by atoms with van der Waals surface area (Å²) < 4.78 is 48.6. The van der Waals surface area contributed by atoms with Crippen LogP contribution in [0.5, 0.6) is 11.5 Å². The summed E-state index contributed by atoms with van der Waals surface area (Å²) >= 11 is 0. The summed E-state index contributed by atoms with van der Waals surface area (Å²) in [5, 5.41) is 35.8. The number of carbonyl (C=O) groups is 10. The number of benzene rings is 6. The highest BCUT2D eigenvalue weighted by Crippen LogP contribution is 2.35. The van der Waals surface area contributed by atoms with Crippen molar-refractivity contribution < 1.29 is 70.6 Å². The van der Waals surface area contributed by atoms with Gasteiger partial charge in [-0.3, -0.25) is 47.9 Å². The molecule has 14 rings (SSSR count). The SMILES string of the molecule is CN[C@@H](C)C(=O)N[C@H](C(=O)N1CCC2C1C(=O)N[C@@H](Cc1ccc3ccccc3c1)C(=O)N[C@H](C(=O)NS(=O)(=O)C1CC1)Cc1ccc(cc1)OCc1cn(nn1)C1CCN(C(=O)[C@@H](NC(=O)[C@H](C)NC)C(C)(C)C)C1C(=O)N[C@@H](Cc1ccc3ccccc3c1)C(=O)N[C@H](C(=O)OC)Cc1ccc(cc1)OCC(N)=CN2N)C(C)(C)C. The van der Waals surface area contributed by atoms with Gasteiger partial charge >= 0.3 is 5.97 Å². The van der Waals surface area contributed by atoms with Crippen molar-refractivity contribution in [3.05, 3.63) is 180 Å². The molecule has 33 heteroatoms. The molecule has 624 valence electrons. The van der Waals surface area contributed by atoms with Gasteiger partial charge in [0.1, 0.15) is 78.7 Å². The molecular weight excluding hydrogens is 1520 g/mol. The van der Waals surface area contributed by atoms with Gasteiger partial charge in [-0.25, -0.2) is 23.7 Å². The summed E-state index contributed by atoms with van der Waals surface area (Å²) in [6, 6.07) is 24.6. The number of methoxy groups -OCH3 is 1. The third-order valence-electron chi connectivity index (χ3n) is 21.8. The van der Waals surface area contributed by atoms with E-state index in [1.807, 2.05) is 78.9 Å². The predicted octanol–water partition coefficient (Wildman–Crippen LogP) is 2.91. The molecule has 6 aromatic carbocycles. The summed E-state index contributed by atoms with van der Waals surface area (Å²) in [6.45, 7) is 13.4. The van der Waals surface area contributed by atoms with Crippen molar-refractivity contribution in [3.8, 4) is 11.5 Å². The number of likely N-dealkylation sites (N-methyl/N-ethyl adjacent to an activating group) is 2. The van der Waals surface area contributed by atoms with Crippen molar-refractivity contribution in [3.63, 3.8) is 0 Å². The van der Waals surface area contributed by atoms with E-state index in [4.69, 9.17) is 25.8 Å². The van der Waals surface area contributed by atoms with Gasteiger partial charge in [-0.05, 0) is 133 Å². The minimum atomic E-state index is -4.21. The largest absolute Gasteiger partial charge is 0.487 e. The van der Waals surface area contributed by atoms with Crippen molar-refractivity contribution in [1.82, 2.24) is 77.1 Å². The van der Waals surface area contributed by atoms with Crippen LogP contribution in [0.3, 0.4) is 0 Å². The number of nitrogens with two attached hydrogens (primary N) is 2. The number of likely N-dealkylation sites (tertiary alicyclic amines) is 2. The second-order valence-corrected chi connectivity index (χ2v) is 34.6. The first-order valence-electron chi connectivity index (χ1n) is 39.3. The van der Waals surface area contributed by atoms with Gasteiger partial charge in [-0.15, -0.1) is 5.10 Å². The van der Waals surface area contributed by atoms with Crippen molar-refractivity contribution in [2.24, 2.45) is 22.4 Å². The molecule has 2 saturated heterocycles. The van der Waals surface area contributed by atoms with Gasteiger partial charge in [-0.2, -0.15) is 0 Å². The van der Waals surface area contributed by atoms with Crippen LogP contribution < -0.4 is 68.3 Å². The van der Waals surface area contributed by atoms with Crippen LogP contribution >= 0.6 is 0 Å². The average molecular weight is 1630 g/mol. The van der Waals surface area contributed by atoms with Gasteiger partial charge in [0.2, 0.25) is 57.3 Å². The van der Waals surface area contributed by atoms with E-state index in [-0.39, 0.29) is 76.2 Å². The molecule has 3 fully saturated rings. The number of sulfonamides is 1. The molecule has 13 N–H and O–H groups in total. The fourth-order valence-corrected chi connectivity index (χ4v) is 16.0. The van der Waals surface area contributed by atoms with Crippen molar-refractivity contribution in [1.29, 1.82) is 0 Å². The van der Waals surface area contributed by atoms with Gasteiger partial charge < -0.3 is 77.3 Å². The summed E-state index contributed by atoms with van der Waals surface area (Å²) in [5.74, 6) is 0.205. The second-order valence-electron chi connectivity index (χ2n) is 32.7. The Labute approximate surface area is 680 Å².